The van der Waals surface area contributed by atoms with Crippen molar-refractivity contribution >= 4 is 5.82 Å². The second kappa shape index (κ2) is 5.99. The number of hydrogen-bond donors (Lipinski definition) is 1. The molecular weight excluding hydrogens is 188 g/mol. The molecule has 0 unspecified atom stereocenters. The molecule has 0 fully saturated rings. The molecule has 0 aliphatic carbocycles. The van der Waals surface area contributed by atoms with Crippen molar-refractivity contribution in [1.29, 1.82) is 5.26 Å². The fraction of sp³-hybridized carbons (Fsp3) is 0.455. The molecule has 4 nitrogen and oxygen atoms in total. The maximum absolute atomic E-state index is 8.82. The minimum absolute atomic E-state index is 0.599. The SMILES string of the molecule is CN(C)CCCNc1ncccc1C#N. The summed E-state index contributed by atoms with van der Waals surface area (Å²) in [5.41, 5.74) is 0.599. The van der Waals surface area contributed by atoms with Gasteiger partial charge in [-0.2, -0.15) is 5.26 Å². The van der Waals surface area contributed by atoms with Gasteiger partial charge >= 0.3 is 0 Å². The van der Waals surface area contributed by atoms with E-state index < -0.39 is 0 Å². The zero-order chi connectivity index (χ0) is 11.1. The minimum atomic E-state index is 0.599. The van der Waals surface area contributed by atoms with Crippen LogP contribution in [0.3, 0.4) is 0 Å². The Balaban J connectivity index is 2.41. The van der Waals surface area contributed by atoms with Gasteiger partial charge in [0, 0.05) is 12.7 Å². The van der Waals surface area contributed by atoms with Crippen molar-refractivity contribution < 1.29 is 0 Å². The molecule has 1 rings (SSSR count). The van der Waals surface area contributed by atoms with Crippen LogP contribution in [0, 0.1) is 11.3 Å². The Morgan fingerprint density at radius 3 is 3.00 bits per heavy atom. The molecule has 1 heterocycles. The molecule has 0 aliphatic rings. The van der Waals surface area contributed by atoms with Crippen LogP contribution in [0.5, 0.6) is 0 Å². The quantitative estimate of drug-likeness (QED) is 0.735. The first-order valence-electron chi connectivity index (χ1n) is 4.97. The van der Waals surface area contributed by atoms with Crippen LogP contribution in [0.1, 0.15) is 12.0 Å². The highest BCUT2D eigenvalue weighted by Crippen LogP contribution is 2.08. The lowest BCUT2D eigenvalue weighted by Crippen LogP contribution is -2.16. The molecule has 0 spiro atoms. The molecule has 0 aliphatic heterocycles. The van der Waals surface area contributed by atoms with E-state index in [1.165, 1.54) is 0 Å². The van der Waals surface area contributed by atoms with Gasteiger partial charge in [-0.1, -0.05) is 0 Å². The van der Waals surface area contributed by atoms with Crippen LogP contribution in [0.2, 0.25) is 0 Å². The van der Waals surface area contributed by atoms with Crippen LogP contribution in [-0.4, -0.2) is 37.1 Å². The Kier molecular flexibility index (Phi) is 4.58. The summed E-state index contributed by atoms with van der Waals surface area (Å²) in [5, 5.41) is 12.0. The summed E-state index contributed by atoms with van der Waals surface area (Å²) in [5.74, 6) is 0.679. The number of hydrogen-bond acceptors (Lipinski definition) is 4. The predicted molar refractivity (Wildman–Crippen MR) is 60.6 cm³/mol. The van der Waals surface area contributed by atoms with Gasteiger partial charge in [0.05, 0.1) is 5.56 Å². The summed E-state index contributed by atoms with van der Waals surface area (Å²) in [4.78, 5) is 6.25. The van der Waals surface area contributed by atoms with Crippen molar-refractivity contribution in [2.24, 2.45) is 0 Å². The first kappa shape index (κ1) is 11.5. The third-order valence-electron chi connectivity index (χ3n) is 2.00. The van der Waals surface area contributed by atoms with Crippen LogP contribution in [0.4, 0.5) is 5.82 Å². The van der Waals surface area contributed by atoms with Gasteiger partial charge in [0.15, 0.2) is 0 Å². The second-order valence-corrected chi connectivity index (χ2v) is 3.59. The van der Waals surface area contributed by atoms with Gasteiger partial charge in [0.2, 0.25) is 0 Å². The highest BCUT2D eigenvalue weighted by Gasteiger charge is 2.00. The minimum Gasteiger partial charge on any atom is -0.369 e. The fourth-order valence-corrected chi connectivity index (χ4v) is 1.24. The number of nitrogens with zero attached hydrogens (tertiary/aromatic N) is 3. The van der Waals surface area contributed by atoms with Crippen molar-refractivity contribution in [3.8, 4) is 6.07 Å². The van der Waals surface area contributed by atoms with E-state index in [4.69, 9.17) is 5.26 Å². The molecule has 80 valence electrons. The van der Waals surface area contributed by atoms with Gasteiger partial charge in [-0.3, -0.25) is 0 Å². The Morgan fingerprint density at radius 1 is 1.53 bits per heavy atom. The maximum atomic E-state index is 8.82. The van der Waals surface area contributed by atoms with Crippen molar-refractivity contribution in [3.63, 3.8) is 0 Å². The summed E-state index contributed by atoms with van der Waals surface area (Å²) < 4.78 is 0. The number of rotatable bonds is 5. The van der Waals surface area contributed by atoms with Gasteiger partial charge in [0.25, 0.3) is 0 Å². The Labute approximate surface area is 90.5 Å². The largest absolute Gasteiger partial charge is 0.369 e. The molecule has 0 saturated heterocycles. The van der Waals surface area contributed by atoms with Crippen molar-refractivity contribution in [3.05, 3.63) is 23.9 Å². The number of nitriles is 1. The van der Waals surface area contributed by atoms with Gasteiger partial charge in [-0.25, -0.2) is 4.98 Å². The molecule has 0 amide bonds. The predicted octanol–water partition coefficient (Wildman–Crippen LogP) is 1.32. The van der Waals surface area contributed by atoms with Crippen LogP contribution >= 0.6 is 0 Å². The first-order valence-corrected chi connectivity index (χ1v) is 4.97. The van der Waals surface area contributed by atoms with Crippen molar-refractivity contribution in [2.45, 2.75) is 6.42 Å². The van der Waals surface area contributed by atoms with E-state index >= 15 is 0 Å². The lowest BCUT2D eigenvalue weighted by Gasteiger charge is -2.10. The van der Waals surface area contributed by atoms with E-state index in [2.05, 4.69) is 21.3 Å². The van der Waals surface area contributed by atoms with Crippen molar-refractivity contribution in [1.82, 2.24) is 9.88 Å². The van der Waals surface area contributed by atoms with Gasteiger partial charge < -0.3 is 10.2 Å². The highest BCUT2D eigenvalue weighted by atomic mass is 15.1. The third kappa shape index (κ3) is 3.96. The molecule has 1 aromatic heterocycles. The molecule has 1 N–H and O–H groups in total. The zero-order valence-electron chi connectivity index (χ0n) is 9.20. The summed E-state index contributed by atoms with van der Waals surface area (Å²) in [6.07, 6.45) is 2.73. The summed E-state index contributed by atoms with van der Waals surface area (Å²) in [6, 6.07) is 5.64. The van der Waals surface area contributed by atoms with E-state index in [1.807, 2.05) is 14.1 Å². The number of nitrogens with one attached hydrogen (secondary N) is 1. The molecule has 0 saturated carbocycles. The Morgan fingerprint density at radius 2 is 2.33 bits per heavy atom. The Bertz CT molecular complexity index is 341. The number of anilines is 1. The van der Waals surface area contributed by atoms with Gasteiger partial charge in [0.1, 0.15) is 11.9 Å². The Hall–Kier alpha value is -1.60. The van der Waals surface area contributed by atoms with E-state index in [-0.39, 0.29) is 0 Å². The normalized spacial score (nSPS) is 10.0. The summed E-state index contributed by atoms with van der Waals surface area (Å²) >= 11 is 0. The molecular formula is C11H16N4. The van der Waals surface area contributed by atoms with Gasteiger partial charge in [-0.15, -0.1) is 0 Å². The lowest BCUT2D eigenvalue weighted by atomic mass is 10.3. The van der Waals surface area contributed by atoms with E-state index in [9.17, 15) is 0 Å². The summed E-state index contributed by atoms with van der Waals surface area (Å²) in [6.45, 7) is 1.87. The first-order chi connectivity index (χ1) is 7.24. The third-order valence-corrected chi connectivity index (χ3v) is 2.00. The lowest BCUT2D eigenvalue weighted by molar-refractivity contribution is 0.405. The topological polar surface area (TPSA) is 52.0 Å². The highest BCUT2D eigenvalue weighted by molar-refractivity contribution is 5.50. The number of pyridine rings is 1. The standard InChI is InChI=1S/C11H16N4/c1-15(2)8-4-7-14-11-10(9-12)5-3-6-13-11/h3,5-6H,4,7-8H2,1-2H3,(H,13,14). The van der Waals surface area contributed by atoms with E-state index in [0.29, 0.717) is 11.4 Å². The molecule has 0 bridgehead atoms. The average Bonchev–Trinajstić information content (AvgIpc) is 2.24. The van der Waals surface area contributed by atoms with E-state index in [1.54, 1.807) is 18.3 Å². The smallest absolute Gasteiger partial charge is 0.143 e. The van der Waals surface area contributed by atoms with Crippen LogP contribution in [0.25, 0.3) is 0 Å². The molecule has 4 heteroatoms. The molecule has 0 atom stereocenters. The average molecular weight is 204 g/mol. The molecule has 0 radical (unpaired) electrons. The summed E-state index contributed by atoms with van der Waals surface area (Å²) in [7, 11) is 4.09. The van der Waals surface area contributed by atoms with Crippen LogP contribution < -0.4 is 5.32 Å². The number of aromatic nitrogens is 1. The van der Waals surface area contributed by atoms with Crippen molar-refractivity contribution in [2.75, 3.05) is 32.5 Å². The molecule has 15 heavy (non-hydrogen) atoms. The molecule has 1 aromatic rings. The van der Waals surface area contributed by atoms with Crippen LogP contribution in [-0.2, 0) is 0 Å². The molecule has 0 aromatic carbocycles. The maximum Gasteiger partial charge on any atom is 0.143 e. The second-order valence-electron chi connectivity index (χ2n) is 3.59. The monoisotopic (exact) mass is 204 g/mol. The zero-order valence-corrected chi connectivity index (χ0v) is 9.20. The van der Waals surface area contributed by atoms with Gasteiger partial charge in [-0.05, 0) is 39.2 Å². The van der Waals surface area contributed by atoms with E-state index in [0.717, 1.165) is 19.5 Å². The fourth-order valence-electron chi connectivity index (χ4n) is 1.24. The van der Waals surface area contributed by atoms with Crippen LogP contribution in [0.15, 0.2) is 18.3 Å².